The van der Waals surface area contributed by atoms with Crippen LogP contribution < -0.4 is 10.6 Å². The van der Waals surface area contributed by atoms with Crippen LogP contribution in [0.4, 0.5) is 5.69 Å². The van der Waals surface area contributed by atoms with E-state index in [4.69, 9.17) is 5.73 Å². The van der Waals surface area contributed by atoms with Gasteiger partial charge in [0.05, 0.1) is 0 Å². The fourth-order valence-corrected chi connectivity index (χ4v) is 2.65. The molecular formula is C19H26N2. The van der Waals surface area contributed by atoms with Gasteiger partial charge in [-0.05, 0) is 44.9 Å². The zero-order chi connectivity index (χ0) is 15.4. The molecule has 2 nitrogen and oxygen atoms in total. The molecule has 2 heteroatoms. The van der Waals surface area contributed by atoms with Gasteiger partial charge in [-0.15, -0.1) is 0 Å². The number of hydrogen-bond acceptors (Lipinski definition) is 2. The summed E-state index contributed by atoms with van der Waals surface area (Å²) in [4.78, 5) is 2.27. The van der Waals surface area contributed by atoms with E-state index in [2.05, 4.69) is 75.2 Å². The van der Waals surface area contributed by atoms with Crippen LogP contribution >= 0.6 is 0 Å². The highest BCUT2D eigenvalue weighted by Gasteiger charge is 2.09. The molecule has 2 N–H and O–H groups in total. The molecule has 0 aromatic heterocycles. The maximum Gasteiger partial charge on any atom is 0.0363 e. The van der Waals surface area contributed by atoms with Crippen molar-refractivity contribution in [1.82, 2.24) is 0 Å². The molecular weight excluding hydrogens is 256 g/mol. The zero-order valence-corrected chi connectivity index (χ0v) is 13.6. The normalized spacial score (nSPS) is 12.2. The number of rotatable bonds is 5. The molecule has 1 unspecified atom stereocenters. The molecule has 112 valence electrons. The van der Waals surface area contributed by atoms with E-state index in [0.717, 1.165) is 13.0 Å². The highest BCUT2D eigenvalue weighted by Crippen LogP contribution is 2.20. The van der Waals surface area contributed by atoms with Crippen LogP contribution in [0.1, 0.15) is 34.7 Å². The van der Waals surface area contributed by atoms with Crippen molar-refractivity contribution in [3.63, 3.8) is 0 Å². The van der Waals surface area contributed by atoms with Crippen molar-refractivity contribution in [2.75, 3.05) is 18.5 Å². The number of nitrogens with two attached hydrogens (primary N) is 1. The molecule has 0 radical (unpaired) electrons. The van der Waals surface area contributed by atoms with E-state index in [1.165, 1.54) is 27.9 Å². The number of anilines is 1. The van der Waals surface area contributed by atoms with Gasteiger partial charge in [-0.1, -0.05) is 47.0 Å². The number of nitrogens with zero attached hydrogens (tertiary/aromatic N) is 1. The van der Waals surface area contributed by atoms with E-state index in [1.807, 2.05) is 0 Å². The van der Waals surface area contributed by atoms with Crippen LogP contribution in [0.15, 0.2) is 42.5 Å². The summed E-state index contributed by atoms with van der Waals surface area (Å²) in [5, 5.41) is 0. The molecule has 1 atom stereocenters. The summed E-state index contributed by atoms with van der Waals surface area (Å²) in [7, 11) is 2.12. The highest BCUT2D eigenvalue weighted by atomic mass is 15.1. The van der Waals surface area contributed by atoms with Gasteiger partial charge in [-0.2, -0.15) is 0 Å². The standard InChI is InChI=1S/C19H26N2/c1-14-5-7-18(8-6-14)21(4)10-9-19(20)17-12-15(2)11-16(3)13-17/h5-8,11-13,19H,9-10,20H2,1-4H3. The Hall–Kier alpha value is -1.80. The molecule has 0 aliphatic heterocycles. The van der Waals surface area contributed by atoms with Crippen molar-refractivity contribution in [2.45, 2.75) is 33.2 Å². The topological polar surface area (TPSA) is 29.3 Å². The molecule has 0 amide bonds. The lowest BCUT2D eigenvalue weighted by Crippen LogP contribution is -2.23. The van der Waals surface area contributed by atoms with E-state index in [0.29, 0.717) is 0 Å². The van der Waals surface area contributed by atoms with Crippen LogP contribution in [0.25, 0.3) is 0 Å². The van der Waals surface area contributed by atoms with Gasteiger partial charge in [0.25, 0.3) is 0 Å². The van der Waals surface area contributed by atoms with Gasteiger partial charge < -0.3 is 10.6 Å². The Labute approximate surface area is 128 Å². The average Bonchev–Trinajstić information content (AvgIpc) is 2.44. The third-order valence-electron chi connectivity index (χ3n) is 3.92. The minimum Gasteiger partial charge on any atom is -0.375 e. The van der Waals surface area contributed by atoms with Gasteiger partial charge >= 0.3 is 0 Å². The molecule has 0 spiro atoms. The molecule has 0 fully saturated rings. The molecule has 2 rings (SSSR count). The van der Waals surface area contributed by atoms with Crippen LogP contribution in [0, 0.1) is 20.8 Å². The summed E-state index contributed by atoms with van der Waals surface area (Å²) in [6.07, 6.45) is 0.952. The largest absolute Gasteiger partial charge is 0.375 e. The highest BCUT2D eigenvalue weighted by molar-refractivity contribution is 5.46. The minimum atomic E-state index is 0.0940. The molecule has 21 heavy (non-hydrogen) atoms. The number of aryl methyl sites for hydroxylation is 3. The maximum atomic E-state index is 6.36. The predicted molar refractivity (Wildman–Crippen MR) is 91.9 cm³/mol. The van der Waals surface area contributed by atoms with Gasteiger partial charge in [0, 0.05) is 25.3 Å². The molecule has 0 aliphatic carbocycles. The van der Waals surface area contributed by atoms with Crippen LogP contribution in [-0.4, -0.2) is 13.6 Å². The van der Waals surface area contributed by atoms with Crippen molar-refractivity contribution in [3.05, 3.63) is 64.7 Å². The Bertz CT molecular complexity index is 567. The molecule has 0 aliphatic rings. The Balaban J connectivity index is 1.97. The monoisotopic (exact) mass is 282 g/mol. The van der Waals surface area contributed by atoms with Crippen LogP contribution in [0.5, 0.6) is 0 Å². The summed E-state index contributed by atoms with van der Waals surface area (Å²) in [6.45, 7) is 7.32. The second-order valence-electron chi connectivity index (χ2n) is 6.07. The van der Waals surface area contributed by atoms with Crippen molar-refractivity contribution < 1.29 is 0 Å². The Morgan fingerprint density at radius 3 is 2.05 bits per heavy atom. The lowest BCUT2D eigenvalue weighted by atomic mass is 9.99. The van der Waals surface area contributed by atoms with Gasteiger partial charge in [0.1, 0.15) is 0 Å². The number of hydrogen-bond donors (Lipinski definition) is 1. The first-order valence-corrected chi connectivity index (χ1v) is 7.57. The third kappa shape index (κ3) is 4.33. The van der Waals surface area contributed by atoms with E-state index < -0.39 is 0 Å². The first-order chi connectivity index (χ1) is 9.95. The van der Waals surface area contributed by atoms with Gasteiger partial charge in [-0.25, -0.2) is 0 Å². The van der Waals surface area contributed by atoms with Gasteiger partial charge in [-0.3, -0.25) is 0 Å². The quantitative estimate of drug-likeness (QED) is 0.893. The second kappa shape index (κ2) is 6.77. The second-order valence-corrected chi connectivity index (χ2v) is 6.07. The summed E-state index contributed by atoms with van der Waals surface area (Å²) in [6, 6.07) is 15.3. The fourth-order valence-electron chi connectivity index (χ4n) is 2.65. The lowest BCUT2D eigenvalue weighted by Gasteiger charge is -2.22. The first-order valence-electron chi connectivity index (χ1n) is 7.57. The van der Waals surface area contributed by atoms with E-state index in [9.17, 15) is 0 Å². The van der Waals surface area contributed by atoms with Crippen LogP contribution in [-0.2, 0) is 0 Å². The smallest absolute Gasteiger partial charge is 0.0363 e. The summed E-state index contributed by atoms with van der Waals surface area (Å²) >= 11 is 0. The average molecular weight is 282 g/mol. The molecule has 0 saturated carbocycles. The number of benzene rings is 2. The van der Waals surface area contributed by atoms with E-state index in [-0.39, 0.29) is 6.04 Å². The zero-order valence-electron chi connectivity index (χ0n) is 13.6. The third-order valence-corrected chi connectivity index (χ3v) is 3.92. The van der Waals surface area contributed by atoms with Crippen molar-refractivity contribution in [1.29, 1.82) is 0 Å². The predicted octanol–water partition coefficient (Wildman–Crippen LogP) is 4.14. The summed E-state index contributed by atoms with van der Waals surface area (Å²) in [5.41, 5.74) is 12.7. The summed E-state index contributed by atoms with van der Waals surface area (Å²) < 4.78 is 0. The Morgan fingerprint density at radius 2 is 1.48 bits per heavy atom. The molecule has 0 saturated heterocycles. The van der Waals surface area contributed by atoms with Crippen molar-refractivity contribution >= 4 is 5.69 Å². The van der Waals surface area contributed by atoms with Gasteiger partial charge in [0.2, 0.25) is 0 Å². The van der Waals surface area contributed by atoms with Gasteiger partial charge in [0.15, 0.2) is 0 Å². The van der Waals surface area contributed by atoms with Crippen molar-refractivity contribution in [3.8, 4) is 0 Å². The Kier molecular flexibility index (Phi) is 5.03. The molecule has 2 aromatic rings. The van der Waals surface area contributed by atoms with Crippen LogP contribution in [0.3, 0.4) is 0 Å². The minimum absolute atomic E-state index is 0.0940. The fraction of sp³-hybridized carbons (Fsp3) is 0.368. The van der Waals surface area contributed by atoms with E-state index in [1.54, 1.807) is 0 Å². The SMILES string of the molecule is Cc1ccc(N(C)CCC(N)c2cc(C)cc(C)c2)cc1. The lowest BCUT2D eigenvalue weighted by molar-refractivity contribution is 0.644. The Morgan fingerprint density at radius 1 is 0.905 bits per heavy atom. The van der Waals surface area contributed by atoms with E-state index >= 15 is 0 Å². The molecule has 2 aromatic carbocycles. The maximum absolute atomic E-state index is 6.36. The molecule has 0 bridgehead atoms. The first kappa shape index (κ1) is 15.6. The van der Waals surface area contributed by atoms with Crippen LogP contribution in [0.2, 0.25) is 0 Å². The van der Waals surface area contributed by atoms with Crippen molar-refractivity contribution in [2.24, 2.45) is 5.73 Å². The summed E-state index contributed by atoms with van der Waals surface area (Å²) in [5.74, 6) is 0. The molecule has 0 heterocycles.